The van der Waals surface area contributed by atoms with Gasteiger partial charge in [0.2, 0.25) is 0 Å². The van der Waals surface area contributed by atoms with Gasteiger partial charge in [-0.15, -0.1) is 0 Å². The number of nitro groups is 1. The summed E-state index contributed by atoms with van der Waals surface area (Å²) in [5.41, 5.74) is 0.925. The van der Waals surface area contributed by atoms with Crippen LogP contribution in [0.2, 0.25) is 0 Å². The molecule has 1 amide bonds. The molecule has 8 nitrogen and oxygen atoms in total. The summed E-state index contributed by atoms with van der Waals surface area (Å²) < 4.78 is 5.34. The Morgan fingerprint density at radius 2 is 1.79 bits per heavy atom. The number of carbonyl (C=O) groups excluding carboxylic acids is 1. The molecule has 2 N–H and O–H groups in total. The number of nitrogens with zero attached hydrogens (tertiary/aromatic N) is 2. The van der Waals surface area contributed by atoms with Crippen LogP contribution in [-0.2, 0) is 4.74 Å². The molecule has 0 radical (unpaired) electrons. The van der Waals surface area contributed by atoms with Gasteiger partial charge in [-0.05, 0) is 93.0 Å². The van der Waals surface area contributed by atoms with E-state index in [0.717, 1.165) is 17.8 Å². The third-order valence-electron chi connectivity index (χ3n) is 8.36. The highest BCUT2D eigenvalue weighted by Crippen LogP contribution is 2.61. The Kier molecular flexibility index (Phi) is 6.03. The zero-order valence-electron chi connectivity index (χ0n) is 19.0. The molecule has 0 unspecified atom stereocenters. The lowest BCUT2D eigenvalue weighted by Gasteiger charge is -2.59. The molecule has 5 aliphatic rings. The minimum absolute atomic E-state index is 0.0784. The predicted molar refractivity (Wildman–Crippen MR) is 129 cm³/mol. The second-order valence-corrected chi connectivity index (χ2v) is 10.9. The number of hydrogen-bond acceptors (Lipinski definition) is 6. The smallest absolute Gasteiger partial charge is 0.293 e. The van der Waals surface area contributed by atoms with Crippen LogP contribution in [0.15, 0.2) is 18.2 Å². The van der Waals surface area contributed by atoms with Gasteiger partial charge < -0.3 is 15.0 Å². The van der Waals surface area contributed by atoms with Gasteiger partial charge in [0.15, 0.2) is 5.11 Å². The Labute approximate surface area is 199 Å². The van der Waals surface area contributed by atoms with E-state index < -0.39 is 10.8 Å². The highest BCUT2D eigenvalue weighted by atomic mass is 32.1. The number of benzene rings is 1. The minimum atomic E-state index is -0.437. The number of amides is 1. The second kappa shape index (κ2) is 8.83. The van der Waals surface area contributed by atoms with Crippen LogP contribution in [0.4, 0.5) is 11.4 Å². The fraction of sp³-hybridized carbons (Fsp3) is 0.667. The van der Waals surface area contributed by atoms with Gasteiger partial charge in [0.25, 0.3) is 11.6 Å². The molecule has 0 aromatic heterocycles. The van der Waals surface area contributed by atoms with Crippen molar-refractivity contribution in [1.82, 2.24) is 10.6 Å². The third kappa shape index (κ3) is 4.45. The van der Waals surface area contributed by atoms with E-state index >= 15 is 0 Å². The van der Waals surface area contributed by atoms with Crippen LogP contribution in [0.3, 0.4) is 0 Å². The maximum Gasteiger partial charge on any atom is 0.293 e. The van der Waals surface area contributed by atoms with Crippen LogP contribution in [0, 0.1) is 33.3 Å². The lowest BCUT2D eigenvalue weighted by Crippen LogP contribution is -2.57. The van der Waals surface area contributed by atoms with Gasteiger partial charge >= 0.3 is 0 Å². The van der Waals surface area contributed by atoms with Gasteiger partial charge in [0.05, 0.1) is 18.1 Å². The average Bonchev–Trinajstić information content (AvgIpc) is 2.78. The second-order valence-electron chi connectivity index (χ2n) is 10.5. The summed E-state index contributed by atoms with van der Waals surface area (Å²) in [5.74, 6) is 2.10. The number of ether oxygens (including phenoxy) is 1. The standard InChI is InChI=1S/C24H32N4O4S/c1-15(24-12-16-8-17(13-24)10-18(9-16)14-24)25-23(33)26-22(29)19-2-3-20(21(11-19)28(30)31)27-4-6-32-7-5-27/h2-3,11,15-18H,4-10,12-14H2,1H3,(H2,25,26,29,33)/t15-,16?,17?,18?,24?/m1/s1. The van der Waals surface area contributed by atoms with E-state index in [-0.39, 0.29) is 22.7 Å². The third-order valence-corrected chi connectivity index (χ3v) is 8.58. The molecule has 1 aliphatic heterocycles. The van der Waals surface area contributed by atoms with E-state index in [2.05, 4.69) is 17.6 Å². The molecule has 4 saturated carbocycles. The Bertz CT molecular complexity index is 926. The van der Waals surface area contributed by atoms with E-state index in [1.165, 1.54) is 44.6 Å². The summed E-state index contributed by atoms with van der Waals surface area (Å²) in [7, 11) is 0. The molecule has 1 atom stereocenters. The highest BCUT2D eigenvalue weighted by molar-refractivity contribution is 7.80. The molecule has 1 aromatic carbocycles. The number of hydrogen-bond donors (Lipinski definition) is 2. The van der Waals surface area contributed by atoms with E-state index in [4.69, 9.17) is 17.0 Å². The molecule has 4 aliphatic carbocycles. The highest BCUT2D eigenvalue weighted by Gasteiger charge is 2.53. The summed E-state index contributed by atoms with van der Waals surface area (Å²) in [6, 6.07) is 4.80. The summed E-state index contributed by atoms with van der Waals surface area (Å²) in [6.45, 7) is 4.42. The normalized spacial score (nSPS) is 31.2. The molecular weight excluding hydrogens is 440 g/mol. The van der Waals surface area contributed by atoms with Crippen LogP contribution in [0.5, 0.6) is 0 Å². The summed E-state index contributed by atoms with van der Waals surface area (Å²) in [4.78, 5) is 26.0. The lowest BCUT2D eigenvalue weighted by atomic mass is 9.48. The average molecular weight is 473 g/mol. The van der Waals surface area contributed by atoms with Crippen LogP contribution in [-0.4, -0.2) is 48.3 Å². The molecular formula is C24H32N4O4S. The topological polar surface area (TPSA) is 96.7 Å². The number of thiocarbonyl (C=S) groups is 1. The fourth-order valence-electron chi connectivity index (χ4n) is 7.15. The van der Waals surface area contributed by atoms with Crippen LogP contribution in [0.25, 0.3) is 0 Å². The molecule has 1 heterocycles. The summed E-state index contributed by atoms with van der Waals surface area (Å²) >= 11 is 5.48. The zero-order valence-corrected chi connectivity index (χ0v) is 19.9. The number of rotatable bonds is 5. The monoisotopic (exact) mass is 472 g/mol. The zero-order chi connectivity index (χ0) is 23.2. The Balaban J connectivity index is 1.24. The number of anilines is 1. The molecule has 1 aromatic rings. The first-order valence-electron chi connectivity index (χ1n) is 12.1. The number of morpholine rings is 1. The minimum Gasteiger partial charge on any atom is -0.378 e. The Morgan fingerprint density at radius 3 is 2.36 bits per heavy atom. The van der Waals surface area contributed by atoms with Gasteiger partial charge in [-0.2, -0.15) is 0 Å². The van der Waals surface area contributed by atoms with Crippen molar-refractivity contribution in [3.05, 3.63) is 33.9 Å². The van der Waals surface area contributed by atoms with Gasteiger partial charge in [0, 0.05) is 30.8 Å². The molecule has 4 bridgehead atoms. The van der Waals surface area contributed by atoms with Crippen LogP contribution >= 0.6 is 12.2 Å². The molecule has 6 rings (SSSR count). The van der Waals surface area contributed by atoms with Gasteiger partial charge in [0.1, 0.15) is 5.69 Å². The number of nitro benzene ring substituents is 1. The van der Waals surface area contributed by atoms with Crippen molar-refractivity contribution in [3.63, 3.8) is 0 Å². The summed E-state index contributed by atoms with van der Waals surface area (Å²) in [5, 5.41) is 18.1. The first kappa shape index (κ1) is 22.5. The van der Waals surface area contributed by atoms with E-state index in [0.29, 0.717) is 37.1 Å². The first-order chi connectivity index (χ1) is 15.8. The SMILES string of the molecule is C[C@@H](NC(=S)NC(=O)c1ccc(N2CCOCC2)c([N+](=O)[O-])c1)C12CC3CC(CC(C3)C1)C2. The van der Waals surface area contributed by atoms with Crippen LogP contribution < -0.4 is 15.5 Å². The van der Waals surface area contributed by atoms with Gasteiger partial charge in [-0.25, -0.2) is 0 Å². The largest absolute Gasteiger partial charge is 0.378 e. The molecule has 178 valence electrons. The van der Waals surface area contributed by atoms with E-state index in [9.17, 15) is 14.9 Å². The molecule has 1 saturated heterocycles. The van der Waals surface area contributed by atoms with Gasteiger partial charge in [-0.3, -0.25) is 20.2 Å². The van der Waals surface area contributed by atoms with E-state index in [1.807, 2.05) is 4.90 Å². The quantitative estimate of drug-likeness (QED) is 0.384. The van der Waals surface area contributed by atoms with Crippen molar-refractivity contribution in [1.29, 1.82) is 0 Å². The predicted octanol–water partition coefficient (Wildman–Crippen LogP) is 3.64. The molecule has 5 fully saturated rings. The van der Waals surface area contributed by atoms with Crippen molar-refractivity contribution in [2.75, 3.05) is 31.2 Å². The Morgan fingerprint density at radius 1 is 1.18 bits per heavy atom. The van der Waals surface area contributed by atoms with Crippen molar-refractivity contribution >= 4 is 34.6 Å². The molecule has 9 heteroatoms. The van der Waals surface area contributed by atoms with Crippen molar-refractivity contribution < 1.29 is 14.5 Å². The lowest BCUT2D eigenvalue weighted by molar-refractivity contribution is -0.384. The van der Waals surface area contributed by atoms with Gasteiger partial charge in [-0.1, -0.05) is 0 Å². The number of nitrogens with one attached hydrogen (secondary N) is 2. The molecule has 0 spiro atoms. The summed E-state index contributed by atoms with van der Waals surface area (Å²) in [6.07, 6.45) is 7.89. The van der Waals surface area contributed by atoms with Crippen molar-refractivity contribution in [2.45, 2.75) is 51.5 Å². The molecule has 33 heavy (non-hydrogen) atoms. The van der Waals surface area contributed by atoms with E-state index in [1.54, 1.807) is 12.1 Å². The fourth-order valence-corrected chi connectivity index (χ4v) is 7.42. The Hall–Kier alpha value is -2.26. The van der Waals surface area contributed by atoms with Crippen molar-refractivity contribution in [3.8, 4) is 0 Å². The van der Waals surface area contributed by atoms with Crippen LogP contribution in [0.1, 0.15) is 55.8 Å². The maximum absolute atomic E-state index is 12.9. The number of carbonyl (C=O) groups is 1. The maximum atomic E-state index is 12.9. The van der Waals surface area contributed by atoms with Crippen molar-refractivity contribution in [2.24, 2.45) is 23.2 Å². The first-order valence-corrected chi connectivity index (χ1v) is 12.5.